The van der Waals surface area contributed by atoms with Gasteiger partial charge in [-0.1, -0.05) is 0 Å². The van der Waals surface area contributed by atoms with Crippen LogP contribution in [0.1, 0.15) is 18.1 Å². The van der Waals surface area contributed by atoms with Gasteiger partial charge in [0, 0.05) is 45.6 Å². The fraction of sp³-hybridized carbons (Fsp3) is 0.714. The molecule has 1 amide bonds. The van der Waals surface area contributed by atoms with Gasteiger partial charge in [0.1, 0.15) is 0 Å². The summed E-state index contributed by atoms with van der Waals surface area (Å²) in [6, 6.07) is 0. The number of aromatic nitrogens is 2. The Labute approximate surface area is 120 Å². The monoisotopic (exact) mass is 280 g/mol. The van der Waals surface area contributed by atoms with E-state index < -0.39 is 0 Å². The molecule has 0 unspecified atom stereocenters. The molecular formula is C14H24N4O2. The summed E-state index contributed by atoms with van der Waals surface area (Å²) in [5.41, 5.74) is 0.990. The Kier molecular flexibility index (Phi) is 4.77. The fourth-order valence-corrected chi connectivity index (χ4v) is 2.50. The first-order valence-electron chi connectivity index (χ1n) is 6.99. The maximum Gasteiger partial charge on any atom is 0.228 e. The Morgan fingerprint density at radius 2 is 2.20 bits per heavy atom. The fourth-order valence-electron chi connectivity index (χ4n) is 2.50. The minimum absolute atomic E-state index is 0.0913. The molecule has 0 spiro atoms. The molecule has 0 aliphatic carbocycles. The maximum absolute atomic E-state index is 12.5. The number of amides is 1. The van der Waals surface area contributed by atoms with E-state index in [9.17, 15) is 4.79 Å². The molecule has 1 aliphatic heterocycles. The molecule has 112 valence electrons. The molecule has 6 nitrogen and oxygen atoms in total. The molecule has 2 atom stereocenters. The second kappa shape index (κ2) is 6.37. The number of hydrogen-bond donors (Lipinski definition) is 0. The van der Waals surface area contributed by atoms with Crippen molar-refractivity contribution in [3.05, 3.63) is 18.0 Å². The van der Waals surface area contributed by atoms with E-state index in [4.69, 9.17) is 4.74 Å². The van der Waals surface area contributed by atoms with Crippen molar-refractivity contribution in [3.63, 3.8) is 0 Å². The normalized spacial score (nSPS) is 22.4. The first-order chi connectivity index (χ1) is 9.49. The van der Waals surface area contributed by atoms with Crippen molar-refractivity contribution >= 4 is 5.91 Å². The van der Waals surface area contributed by atoms with E-state index in [2.05, 4.69) is 10.00 Å². The molecule has 0 saturated carbocycles. The summed E-state index contributed by atoms with van der Waals surface area (Å²) < 4.78 is 7.49. The third-order valence-electron chi connectivity index (χ3n) is 3.72. The zero-order valence-corrected chi connectivity index (χ0v) is 12.7. The zero-order valence-electron chi connectivity index (χ0n) is 12.7. The third kappa shape index (κ3) is 3.37. The van der Waals surface area contributed by atoms with Gasteiger partial charge < -0.3 is 14.5 Å². The molecule has 1 aromatic rings. The summed E-state index contributed by atoms with van der Waals surface area (Å²) in [5, 5.41) is 4.16. The van der Waals surface area contributed by atoms with E-state index in [1.165, 1.54) is 0 Å². The topological polar surface area (TPSA) is 50.6 Å². The summed E-state index contributed by atoms with van der Waals surface area (Å²) in [4.78, 5) is 16.4. The van der Waals surface area contributed by atoms with Crippen molar-refractivity contribution < 1.29 is 9.53 Å². The molecule has 1 fully saturated rings. The number of rotatable bonds is 5. The molecule has 0 aromatic carbocycles. The average molecular weight is 280 g/mol. The Morgan fingerprint density at radius 1 is 1.45 bits per heavy atom. The van der Waals surface area contributed by atoms with Gasteiger partial charge in [-0.15, -0.1) is 0 Å². The van der Waals surface area contributed by atoms with Gasteiger partial charge in [-0.3, -0.25) is 9.48 Å². The van der Waals surface area contributed by atoms with Gasteiger partial charge in [0.25, 0.3) is 0 Å². The molecule has 6 heteroatoms. The van der Waals surface area contributed by atoms with Crippen LogP contribution in [-0.2, 0) is 16.6 Å². The van der Waals surface area contributed by atoms with Gasteiger partial charge in [0.2, 0.25) is 5.91 Å². The maximum atomic E-state index is 12.5. The lowest BCUT2D eigenvalue weighted by Gasteiger charge is -2.25. The summed E-state index contributed by atoms with van der Waals surface area (Å²) in [5.74, 6) is 0.0737. The van der Waals surface area contributed by atoms with Crippen LogP contribution < -0.4 is 0 Å². The molecule has 1 saturated heterocycles. The van der Waals surface area contributed by atoms with E-state index >= 15 is 0 Å². The number of hydrogen-bond acceptors (Lipinski definition) is 4. The minimum atomic E-state index is -0.155. The largest absolute Gasteiger partial charge is 0.373 e. The van der Waals surface area contributed by atoms with Gasteiger partial charge >= 0.3 is 0 Å². The second-order valence-corrected chi connectivity index (χ2v) is 5.70. The van der Waals surface area contributed by atoms with E-state index in [1.807, 2.05) is 39.3 Å². The lowest BCUT2D eigenvalue weighted by molar-refractivity contribution is -0.136. The van der Waals surface area contributed by atoms with Crippen LogP contribution in [-0.4, -0.2) is 66.3 Å². The van der Waals surface area contributed by atoms with Crippen molar-refractivity contribution in [2.24, 2.45) is 13.0 Å². The number of carbonyl (C=O) groups excluding carboxylic acids is 1. The Bertz CT molecular complexity index is 458. The molecule has 20 heavy (non-hydrogen) atoms. The highest BCUT2D eigenvalue weighted by molar-refractivity contribution is 5.79. The second-order valence-electron chi connectivity index (χ2n) is 5.70. The minimum Gasteiger partial charge on any atom is -0.373 e. The first-order valence-corrected chi connectivity index (χ1v) is 6.99. The van der Waals surface area contributed by atoms with E-state index in [-0.39, 0.29) is 17.9 Å². The van der Waals surface area contributed by atoms with Crippen LogP contribution in [0.2, 0.25) is 0 Å². The zero-order chi connectivity index (χ0) is 14.7. The van der Waals surface area contributed by atoms with E-state index in [0.717, 1.165) is 25.1 Å². The summed E-state index contributed by atoms with van der Waals surface area (Å²) >= 11 is 0. The lowest BCUT2D eigenvalue weighted by Crippen LogP contribution is -2.38. The Morgan fingerprint density at radius 3 is 2.80 bits per heavy atom. The average Bonchev–Trinajstić information content (AvgIpc) is 3.02. The standard InChI is InChI=1S/C14H24N4O2/c1-16(2)6-7-17(3)14(19)12-5-8-20-13(12)11-9-15-18(4)10-11/h9-10,12-13H,5-8H2,1-4H3/t12-,13+/m0/s1. The van der Waals surface area contributed by atoms with Crippen molar-refractivity contribution in [3.8, 4) is 0 Å². The number of carbonyl (C=O) groups is 1. The van der Waals surface area contributed by atoms with Crippen LogP contribution in [0.5, 0.6) is 0 Å². The predicted molar refractivity (Wildman–Crippen MR) is 76.2 cm³/mol. The van der Waals surface area contributed by atoms with Gasteiger partial charge in [-0.25, -0.2) is 0 Å². The third-order valence-corrected chi connectivity index (χ3v) is 3.72. The highest BCUT2D eigenvalue weighted by Gasteiger charge is 2.37. The summed E-state index contributed by atoms with van der Waals surface area (Å²) in [7, 11) is 7.76. The van der Waals surface area contributed by atoms with Gasteiger partial charge in [0.15, 0.2) is 0 Å². The molecule has 0 bridgehead atoms. The van der Waals surface area contributed by atoms with Crippen molar-refractivity contribution in [2.75, 3.05) is 40.8 Å². The number of likely N-dealkylation sites (N-methyl/N-ethyl adjacent to an activating group) is 2. The van der Waals surface area contributed by atoms with Gasteiger partial charge in [0.05, 0.1) is 18.2 Å². The SMILES string of the molecule is CN(C)CCN(C)C(=O)[C@H]1CCO[C@@H]1c1cnn(C)c1. The van der Waals surface area contributed by atoms with Gasteiger partial charge in [-0.05, 0) is 20.5 Å². The highest BCUT2D eigenvalue weighted by atomic mass is 16.5. The van der Waals surface area contributed by atoms with Crippen LogP contribution in [0.15, 0.2) is 12.4 Å². The quantitative estimate of drug-likeness (QED) is 0.789. The molecule has 2 rings (SSSR count). The Balaban J connectivity index is 2.01. The highest BCUT2D eigenvalue weighted by Crippen LogP contribution is 2.35. The van der Waals surface area contributed by atoms with Crippen LogP contribution in [0, 0.1) is 5.92 Å². The smallest absolute Gasteiger partial charge is 0.228 e. The lowest BCUT2D eigenvalue weighted by atomic mass is 9.96. The van der Waals surface area contributed by atoms with Crippen LogP contribution in [0.25, 0.3) is 0 Å². The molecule has 2 heterocycles. The predicted octanol–water partition coefficient (Wildman–Crippen LogP) is 0.518. The van der Waals surface area contributed by atoms with Crippen molar-refractivity contribution in [1.82, 2.24) is 19.6 Å². The van der Waals surface area contributed by atoms with Gasteiger partial charge in [-0.2, -0.15) is 5.10 Å². The summed E-state index contributed by atoms with van der Waals surface area (Å²) in [6.45, 7) is 2.24. The number of aryl methyl sites for hydroxylation is 1. The van der Waals surface area contributed by atoms with E-state index in [1.54, 1.807) is 10.9 Å². The van der Waals surface area contributed by atoms with Crippen LogP contribution in [0.4, 0.5) is 0 Å². The Hall–Kier alpha value is -1.40. The van der Waals surface area contributed by atoms with Crippen LogP contribution in [0.3, 0.4) is 0 Å². The van der Waals surface area contributed by atoms with Crippen molar-refractivity contribution in [2.45, 2.75) is 12.5 Å². The first kappa shape index (κ1) is 15.0. The van der Waals surface area contributed by atoms with Crippen LogP contribution >= 0.6 is 0 Å². The number of ether oxygens (including phenoxy) is 1. The van der Waals surface area contributed by atoms with Crippen molar-refractivity contribution in [1.29, 1.82) is 0 Å². The molecular weight excluding hydrogens is 256 g/mol. The molecule has 0 N–H and O–H groups in total. The molecule has 0 radical (unpaired) electrons. The molecule has 1 aliphatic rings. The van der Waals surface area contributed by atoms with E-state index in [0.29, 0.717) is 6.61 Å². The summed E-state index contributed by atoms with van der Waals surface area (Å²) in [6.07, 6.45) is 4.34. The number of nitrogens with zero attached hydrogens (tertiary/aromatic N) is 4. The molecule has 1 aromatic heterocycles.